The fraction of sp³-hybridized carbons (Fsp3) is 0.615. The quantitative estimate of drug-likeness (QED) is 0.650. The number of rotatable bonds is 8. The minimum Gasteiger partial charge on any atom is -0.391 e. The van der Waals surface area contributed by atoms with Crippen molar-refractivity contribution in [3.63, 3.8) is 0 Å². The maximum absolute atomic E-state index is 9.62. The van der Waals surface area contributed by atoms with Crippen molar-refractivity contribution >= 4 is 11.6 Å². The molecule has 0 saturated carbocycles. The van der Waals surface area contributed by atoms with E-state index in [0.717, 1.165) is 37.4 Å². The Morgan fingerprint density at radius 3 is 2.53 bits per heavy atom. The summed E-state index contributed by atoms with van der Waals surface area (Å²) < 4.78 is 0. The second-order valence-corrected chi connectivity index (χ2v) is 4.16. The summed E-state index contributed by atoms with van der Waals surface area (Å²) in [6.45, 7) is 5.67. The molecule has 1 atom stereocenters. The molecule has 0 radical (unpaired) electrons. The number of aliphatic hydroxyl groups is 1. The molecule has 1 rings (SSSR count). The average molecular weight is 237 g/mol. The van der Waals surface area contributed by atoms with Gasteiger partial charge in [0.1, 0.15) is 11.6 Å². The summed E-state index contributed by atoms with van der Waals surface area (Å²) in [5.41, 5.74) is 0. The number of hydrogen-bond donors (Lipinski definition) is 3. The van der Waals surface area contributed by atoms with Gasteiger partial charge in [0.25, 0.3) is 0 Å². The van der Waals surface area contributed by atoms with Crippen LogP contribution in [-0.2, 0) is 0 Å². The molecule has 3 N–H and O–H groups in total. The van der Waals surface area contributed by atoms with Gasteiger partial charge in [0.05, 0.1) is 6.10 Å². The van der Waals surface area contributed by atoms with Gasteiger partial charge >= 0.3 is 0 Å². The Morgan fingerprint density at radius 1 is 1.18 bits per heavy atom. The lowest BCUT2D eigenvalue weighted by molar-refractivity contribution is 0.176. The first kappa shape index (κ1) is 13.8. The van der Waals surface area contributed by atoms with Crippen LogP contribution in [0.25, 0.3) is 0 Å². The monoisotopic (exact) mass is 237 g/mol. The van der Waals surface area contributed by atoms with E-state index in [1.165, 1.54) is 0 Å². The van der Waals surface area contributed by atoms with E-state index in [-0.39, 0.29) is 6.10 Å². The predicted molar refractivity (Wildman–Crippen MR) is 72.4 cm³/mol. The molecule has 4 heteroatoms. The van der Waals surface area contributed by atoms with Crippen LogP contribution in [0.3, 0.4) is 0 Å². The Hall–Kier alpha value is -1.29. The molecule has 4 nitrogen and oxygen atoms in total. The van der Waals surface area contributed by atoms with Crippen LogP contribution in [0.15, 0.2) is 18.2 Å². The summed E-state index contributed by atoms with van der Waals surface area (Å²) in [4.78, 5) is 4.41. The Labute approximate surface area is 103 Å². The smallest absolute Gasteiger partial charge is 0.128 e. The van der Waals surface area contributed by atoms with Crippen LogP contribution in [0.5, 0.6) is 0 Å². The largest absolute Gasteiger partial charge is 0.391 e. The highest BCUT2D eigenvalue weighted by atomic mass is 16.3. The van der Waals surface area contributed by atoms with E-state index in [1.807, 2.05) is 18.2 Å². The zero-order chi connectivity index (χ0) is 12.5. The number of pyridine rings is 1. The fourth-order valence-electron chi connectivity index (χ4n) is 1.54. The molecule has 96 valence electrons. The lowest BCUT2D eigenvalue weighted by Crippen LogP contribution is -2.19. The van der Waals surface area contributed by atoms with Crippen LogP contribution in [-0.4, -0.2) is 29.3 Å². The first-order valence-corrected chi connectivity index (χ1v) is 6.39. The van der Waals surface area contributed by atoms with Gasteiger partial charge in [-0.3, -0.25) is 0 Å². The normalized spacial score (nSPS) is 12.2. The highest BCUT2D eigenvalue weighted by Crippen LogP contribution is 2.09. The van der Waals surface area contributed by atoms with E-state index in [2.05, 4.69) is 29.5 Å². The third kappa shape index (κ3) is 5.54. The first-order valence-electron chi connectivity index (χ1n) is 6.39. The van der Waals surface area contributed by atoms with Crippen molar-refractivity contribution in [3.05, 3.63) is 18.2 Å². The molecular weight excluding hydrogens is 214 g/mol. The third-order valence-corrected chi connectivity index (χ3v) is 2.45. The molecule has 17 heavy (non-hydrogen) atoms. The van der Waals surface area contributed by atoms with Gasteiger partial charge in [-0.2, -0.15) is 0 Å². The lowest BCUT2D eigenvalue weighted by Gasteiger charge is -2.12. The van der Waals surface area contributed by atoms with Crippen LogP contribution in [0.1, 0.15) is 33.1 Å². The molecule has 0 aliphatic carbocycles. The molecule has 0 aromatic carbocycles. The fourth-order valence-corrected chi connectivity index (χ4v) is 1.54. The zero-order valence-electron chi connectivity index (χ0n) is 10.7. The molecule has 0 aliphatic heterocycles. The minimum absolute atomic E-state index is 0.297. The number of aromatic nitrogens is 1. The van der Waals surface area contributed by atoms with E-state index in [4.69, 9.17) is 0 Å². The van der Waals surface area contributed by atoms with Gasteiger partial charge in [-0.15, -0.1) is 0 Å². The molecule has 1 unspecified atom stereocenters. The number of nitrogens with one attached hydrogen (secondary N) is 2. The van der Waals surface area contributed by atoms with Gasteiger partial charge in [0, 0.05) is 13.1 Å². The Kier molecular flexibility index (Phi) is 6.40. The van der Waals surface area contributed by atoms with Crippen molar-refractivity contribution in [2.45, 2.75) is 39.2 Å². The molecule has 0 bridgehead atoms. The zero-order valence-corrected chi connectivity index (χ0v) is 10.7. The SMILES string of the molecule is CCCNc1cccc(NCC(O)CCC)n1. The van der Waals surface area contributed by atoms with E-state index >= 15 is 0 Å². The van der Waals surface area contributed by atoms with Crippen molar-refractivity contribution in [2.75, 3.05) is 23.7 Å². The minimum atomic E-state index is -0.297. The van der Waals surface area contributed by atoms with E-state index in [0.29, 0.717) is 6.54 Å². The third-order valence-electron chi connectivity index (χ3n) is 2.45. The summed E-state index contributed by atoms with van der Waals surface area (Å²) in [5.74, 6) is 1.68. The molecule has 0 amide bonds. The molecule has 1 aromatic heterocycles. The topological polar surface area (TPSA) is 57.2 Å². The molecule has 0 fully saturated rings. The Balaban J connectivity index is 2.42. The second kappa shape index (κ2) is 7.90. The molecular formula is C13H23N3O. The van der Waals surface area contributed by atoms with Crippen molar-refractivity contribution < 1.29 is 5.11 Å². The van der Waals surface area contributed by atoms with Gasteiger partial charge in [-0.05, 0) is 25.0 Å². The predicted octanol–water partition coefficient (Wildman–Crippen LogP) is 2.48. The number of nitrogens with zero attached hydrogens (tertiary/aromatic N) is 1. The highest BCUT2D eigenvalue weighted by molar-refractivity contribution is 5.45. The number of hydrogen-bond acceptors (Lipinski definition) is 4. The van der Waals surface area contributed by atoms with Crippen molar-refractivity contribution in [1.82, 2.24) is 4.98 Å². The van der Waals surface area contributed by atoms with Gasteiger partial charge < -0.3 is 15.7 Å². The van der Waals surface area contributed by atoms with Crippen LogP contribution in [0.2, 0.25) is 0 Å². The maximum Gasteiger partial charge on any atom is 0.128 e. The molecule has 1 heterocycles. The van der Waals surface area contributed by atoms with Gasteiger partial charge in [0.15, 0.2) is 0 Å². The van der Waals surface area contributed by atoms with Gasteiger partial charge in [-0.25, -0.2) is 4.98 Å². The summed E-state index contributed by atoms with van der Waals surface area (Å²) in [6.07, 6.45) is 2.60. The molecule has 0 saturated heterocycles. The summed E-state index contributed by atoms with van der Waals surface area (Å²) in [6, 6.07) is 5.82. The average Bonchev–Trinajstić information content (AvgIpc) is 2.35. The number of anilines is 2. The standard InChI is InChI=1S/C13H23N3O/c1-3-6-11(17)10-15-13-8-5-7-12(16-13)14-9-4-2/h5,7-8,11,17H,3-4,6,9-10H2,1-2H3,(H2,14,15,16). The molecule has 0 aliphatic rings. The number of aliphatic hydroxyl groups excluding tert-OH is 1. The van der Waals surface area contributed by atoms with E-state index in [9.17, 15) is 5.11 Å². The van der Waals surface area contributed by atoms with Gasteiger partial charge in [0.2, 0.25) is 0 Å². The highest BCUT2D eigenvalue weighted by Gasteiger charge is 2.03. The van der Waals surface area contributed by atoms with E-state index in [1.54, 1.807) is 0 Å². The summed E-state index contributed by atoms with van der Waals surface area (Å²) in [5, 5.41) is 16.0. The van der Waals surface area contributed by atoms with E-state index < -0.39 is 0 Å². The van der Waals surface area contributed by atoms with Crippen LogP contribution in [0, 0.1) is 0 Å². The van der Waals surface area contributed by atoms with Crippen molar-refractivity contribution in [3.8, 4) is 0 Å². The second-order valence-electron chi connectivity index (χ2n) is 4.16. The Morgan fingerprint density at radius 2 is 1.88 bits per heavy atom. The summed E-state index contributed by atoms with van der Waals surface area (Å²) in [7, 11) is 0. The van der Waals surface area contributed by atoms with Crippen LogP contribution >= 0.6 is 0 Å². The van der Waals surface area contributed by atoms with Crippen LogP contribution in [0.4, 0.5) is 11.6 Å². The van der Waals surface area contributed by atoms with Crippen LogP contribution < -0.4 is 10.6 Å². The van der Waals surface area contributed by atoms with Crippen molar-refractivity contribution in [2.24, 2.45) is 0 Å². The maximum atomic E-state index is 9.62. The van der Waals surface area contributed by atoms with Crippen molar-refractivity contribution in [1.29, 1.82) is 0 Å². The molecule has 1 aromatic rings. The van der Waals surface area contributed by atoms with Gasteiger partial charge in [-0.1, -0.05) is 26.3 Å². The lowest BCUT2D eigenvalue weighted by atomic mass is 10.2. The summed E-state index contributed by atoms with van der Waals surface area (Å²) >= 11 is 0. The first-order chi connectivity index (χ1) is 8.26. The molecule has 0 spiro atoms. The Bertz CT molecular complexity index is 317.